The highest BCUT2D eigenvalue weighted by molar-refractivity contribution is 5.94. The Morgan fingerprint density at radius 2 is 1.71 bits per heavy atom. The number of methoxy groups -OCH3 is 1. The third kappa shape index (κ3) is 8.49. The van der Waals surface area contributed by atoms with Crippen LogP contribution in [0.2, 0.25) is 0 Å². The predicted molar refractivity (Wildman–Crippen MR) is 219 cm³/mol. The molecule has 15 heteroatoms. The van der Waals surface area contributed by atoms with Crippen LogP contribution in [0.15, 0.2) is 30.5 Å². The summed E-state index contributed by atoms with van der Waals surface area (Å²) in [5, 5.41) is 11.2. The first-order valence-electron chi connectivity index (χ1n) is 21.4. The van der Waals surface area contributed by atoms with Crippen molar-refractivity contribution in [2.24, 2.45) is 11.8 Å². The lowest BCUT2D eigenvalue weighted by Gasteiger charge is -2.46. The van der Waals surface area contributed by atoms with Crippen LogP contribution in [0, 0.1) is 11.8 Å². The molecule has 0 spiro atoms. The van der Waals surface area contributed by atoms with Gasteiger partial charge in [-0.25, -0.2) is 23.1 Å². The second-order valence-electron chi connectivity index (χ2n) is 18.2. The van der Waals surface area contributed by atoms with E-state index in [-0.39, 0.29) is 30.7 Å². The zero-order valence-electron chi connectivity index (χ0n) is 34.8. The summed E-state index contributed by atoms with van der Waals surface area (Å²) < 4.78 is 44.7. The van der Waals surface area contributed by atoms with Crippen LogP contribution in [0.1, 0.15) is 93.8 Å². The summed E-state index contributed by atoms with van der Waals surface area (Å²) in [6.45, 7) is 10.1. The molecule has 4 fully saturated rings. The molecule has 316 valence electrons. The molecule has 58 heavy (non-hydrogen) atoms. The van der Waals surface area contributed by atoms with E-state index in [1.54, 1.807) is 17.8 Å². The highest BCUT2D eigenvalue weighted by Gasteiger charge is 2.48. The van der Waals surface area contributed by atoms with Crippen molar-refractivity contribution >= 4 is 34.8 Å². The standard InChI is InChI=1S/C43H61F2N9O4/c1-42(2,3)58-41(56)52-20-13-29(14-21-52)23-28-11-18-51(19-12-28)37-16-17-50(27-43(37,44)45)26-30-7-6-8-34-31(30)15-22-53(34)38-24-33(46-4)39-47-25-35(54(39)49-38)40(55)48-32-9-10-36(32)57-5/h6-8,24-25,28-29,32,36-37,46H,9-23,26-27H2,1-5H3,(H,48,55)/t32-,36-,37+/m1/s1. The van der Waals surface area contributed by atoms with Gasteiger partial charge < -0.3 is 29.9 Å². The maximum absolute atomic E-state index is 16.0. The van der Waals surface area contributed by atoms with Gasteiger partial charge >= 0.3 is 6.09 Å². The Kier molecular flexibility index (Phi) is 11.6. The number of likely N-dealkylation sites (tertiary alicyclic amines) is 3. The van der Waals surface area contributed by atoms with Gasteiger partial charge in [0, 0.05) is 58.6 Å². The summed E-state index contributed by atoms with van der Waals surface area (Å²) in [6, 6.07) is 7.32. The van der Waals surface area contributed by atoms with Gasteiger partial charge in [-0.2, -0.15) is 0 Å². The lowest BCUT2D eigenvalue weighted by Crippen LogP contribution is -2.59. The Morgan fingerprint density at radius 1 is 0.966 bits per heavy atom. The van der Waals surface area contributed by atoms with E-state index < -0.39 is 17.6 Å². The van der Waals surface area contributed by atoms with Gasteiger partial charge in [0.1, 0.15) is 5.60 Å². The summed E-state index contributed by atoms with van der Waals surface area (Å²) in [5.74, 6) is -1.25. The molecule has 2 N–H and O–H groups in total. The SMILES string of the molecule is CNc1cc(N2CCc3c(CN4CC[C@H](N5CCC(CC6CCN(C(=O)OC(C)(C)C)CC6)CC5)C(F)(F)C4)cccc32)nn2c(C(=O)N[C@@H]3CC[C@H]3OC)cnc12. The monoisotopic (exact) mass is 805 g/mol. The first kappa shape index (κ1) is 40.7. The number of carbonyl (C=O) groups is 2. The van der Waals surface area contributed by atoms with Gasteiger partial charge in [0.2, 0.25) is 0 Å². The molecule has 1 aliphatic carbocycles. The molecule has 8 rings (SSSR count). The van der Waals surface area contributed by atoms with Gasteiger partial charge in [0.15, 0.2) is 17.2 Å². The van der Waals surface area contributed by atoms with Crippen LogP contribution in [-0.4, -0.2) is 131 Å². The van der Waals surface area contributed by atoms with Crippen LogP contribution in [-0.2, 0) is 22.4 Å². The van der Waals surface area contributed by atoms with Gasteiger partial charge in [-0.15, -0.1) is 5.10 Å². The van der Waals surface area contributed by atoms with E-state index in [1.165, 1.54) is 0 Å². The van der Waals surface area contributed by atoms with Gasteiger partial charge in [0.25, 0.3) is 11.8 Å². The molecule has 0 radical (unpaired) electrons. The largest absolute Gasteiger partial charge is 0.444 e. The number of amides is 2. The number of hydrogen-bond acceptors (Lipinski definition) is 10. The van der Waals surface area contributed by atoms with Crippen LogP contribution in [0.25, 0.3) is 5.65 Å². The number of halogens is 2. The van der Waals surface area contributed by atoms with E-state index in [0.29, 0.717) is 55.0 Å². The molecule has 2 amide bonds. The van der Waals surface area contributed by atoms with E-state index in [9.17, 15) is 9.59 Å². The van der Waals surface area contributed by atoms with Crippen LogP contribution in [0.4, 0.5) is 30.8 Å². The van der Waals surface area contributed by atoms with Crippen LogP contribution >= 0.6 is 0 Å². The third-order valence-corrected chi connectivity index (χ3v) is 13.2. The number of nitrogens with one attached hydrogen (secondary N) is 2. The average Bonchev–Trinajstić information content (AvgIpc) is 3.82. The third-order valence-electron chi connectivity index (χ3n) is 13.2. The second-order valence-corrected chi connectivity index (χ2v) is 18.2. The average molecular weight is 806 g/mol. The van der Waals surface area contributed by atoms with Gasteiger partial charge in [0.05, 0.1) is 36.6 Å². The number of piperidine rings is 3. The number of imidazole rings is 1. The number of alkyl halides is 2. The Balaban J connectivity index is 0.863. The van der Waals surface area contributed by atoms with E-state index in [4.69, 9.17) is 14.6 Å². The number of aromatic nitrogens is 3. The Morgan fingerprint density at radius 3 is 2.36 bits per heavy atom. The van der Waals surface area contributed by atoms with Crippen molar-refractivity contribution in [3.8, 4) is 0 Å². The Bertz CT molecular complexity index is 1950. The molecule has 0 unspecified atom stereocenters. The Hall–Kier alpha value is -4.08. The maximum atomic E-state index is 16.0. The second kappa shape index (κ2) is 16.5. The van der Waals surface area contributed by atoms with Crippen LogP contribution in [0.3, 0.4) is 0 Å². The fourth-order valence-electron chi connectivity index (χ4n) is 9.95. The van der Waals surface area contributed by atoms with Crippen molar-refractivity contribution in [1.82, 2.24) is 34.6 Å². The molecule has 6 heterocycles. The molecule has 4 aliphatic heterocycles. The first-order chi connectivity index (χ1) is 27.8. The molecule has 0 bridgehead atoms. The summed E-state index contributed by atoms with van der Waals surface area (Å²) in [4.78, 5) is 38.3. The molecule has 5 aliphatic rings. The summed E-state index contributed by atoms with van der Waals surface area (Å²) in [6.07, 6.45) is 9.32. The number of nitrogens with zero attached hydrogens (tertiary/aromatic N) is 7. The number of fused-ring (bicyclic) bond motifs is 2. The molecule has 3 atom stereocenters. The van der Waals surface area contributed by atoms with E-state index >= 15 is 8.78 Å². The Labute approximate surface area is 340 Å². The molecular weight excluding hydrogens is 745 g/mol. The minimum atomic E-state index is -2.80. The zero-order chi connectivity index (χ0) is 40.8. The molecular formula is C43H61F2N9O4. The molecule has 3 aromatic rings. The fourth-order valence-corrected chi connectivity index (χ4v) is 9.95. The lowest BCUT2D eigenvalue weighted by molar-refractivity contribution is -0.134. The number of hydrogen-bond donors (Lipinski definition) is 2. The highest BCUT2D eigenvalue weighted by atomic mass is 19.3. The molecule has 3 saturated heterocycles. The molecule has 1 saturated carbocycles. The van der Waals surface area contributed by atoms with Crippen molar-refractivity contribution in [3.63, 3.8) is 0 Å². The van der Waals surface area contributed by atoms with Crippen molar-refractivity contribution in [2.75, 3.05) is 70.2 Å². The van der Waals surface area contributed by atoms with Crippen molar-refractivity contribution in [3.05, 3.63) is 47.3 Å². The smallest absolute Gasteiger partial charge is 0.410 e. The number of benzene rings is 1. The quantitative estimate of drug-likeness (QED) is 0.241. The normalized spacial score (nSPS) is 24.8. The van der Waals surface area contributed by atoms with Crippen molar-refractivity contribution in [2.45, 2.75) is 115 Å². The number of anilines is 3. The summed E-state index contributed by atoms with van der Waals surface area (Å²) >= 11 is 0. The molecule has 1 aromatic carbocycles. The minimum Gasteiger partial charge on any atom is -0.444 e. The van der Waals surface area contributed by atoms with Gasteiger partial charge in [-0.05, 0) is 121 Å². The number of rotatable bonds is 10. The summed E-state index contributed by atoms with van der Waals surface area (Å²) in [7, 11) is 3.49. The predicted octanol–water partition coefficient (Wildman–Crippen LogP) is 6.33. The summed E-state index contributed by atoms with van der Waals surface area (Å²) in [5.41, 5.74) is 4.39. The highest BCUT2D eigenvalue weighted by Crippen LogP contribution is 2.40. The maximum Gasteiger partial charge on any atom is 0.410 e. The number of ether oxygens (including phenoxy) is 2. The van der Waals surface area contributed by atoms with Gasteiger partial charge in [-0.1, -0.05) is 12.1 Å². The minimum absolute atomic E-state index is 0.0104. The number of carbonyl (C=O) groups excluding carboxylic acids is 2. The lowest BCUT2D eigenvalue weighted by atomic mass is 9.82. The van der Waals surface area contributed by atoms with Gasteiger partial charge in [-0.3, -0.25) is 14.6 Å². The van der Waals surface area contributed by atoms with Crippen LogP contribution in [0.5, 0.6) is 0 Å². The van der Waals surface area contributed by atoms with E-state index in [1.807, 2.05) is 49.8 Å². The molecule has 2 aromatic heterocycles. The van der Waals surface area contributed by atoms with E-state index in [2.05, 4.69) is 37.6 Å². The first-order valence-corrected chi connectivity index (χ1v) is 21.4. The van der Waals surface area contributed by atoms with E-state index in [0.717, 1.165) is 100 Å². The molecule has 13 nitrogen and oxygen atoms in total. The van der Waals surface area contributed by atoms with Crippen molar-refractivity contribution < 1.29 is 27.8 Å². The zero-order valence-corrected chi connectivity index (χ0v) is 34.8. The fraction of sp³-hybridized carbons (Fsp3) is 0.674. The van der Waals surface area contributed by atoms with Crippen molar-refractivity contribution in [1.29, 1.82) is 0 Å². The topological polar surface area (TPSA) is 120 Å². The van der Waals surface area contributed by atoms with Crippen LogP contribution < -0.4 is 15.5 Å².